The van der Waals surface area contributed by atoms with Crippen molar-refractivity contribution in [2.45, 2.75) is 25.2 Å². The van der Waals surface area contributed by atoms with Crippen LogP contribution in [0.25, 0.3) is 0 Å². The smallest absolute Gasteiger partial charge is 0.124 e. The molecule has 0 fully saturated rings. The Morgan fingerprint density at radius 2 is 1.96 bits per heavy atom. The van der Waals surface area contributed by atoms with E-state index in [4.69, 9.17) is 9.47 Å². The highest BCUT2D eigenvalue weighted by atomic mass is 79.9. The molecular formula is C19H20BrNO2. The summed E-state index contributed by atoms with van der Waals surface area (Å²) >= 11 is 3.51. The van der Waals surface area contributed by atoms with Crippen LogP contribution >= 0.6 is 15.9 Å². The summed E-state index contributed by atoms with van der Waals surface area (Å²) in [6.07, 6.45) is 3.29. The highest BCUT2D eigenvalue weighted by molar-refractivity contribution is 9.10. The van der Waals surface area contributed by atoms with E-state index in [1.54, 1.807) is 0 Å². The molecule has 0 saturated heterocycles. The zero-order valence-electron chi connectivity index (χ0n) is 13.0. The molecule has 0 amide bonds. The maximum Gasteiger partial charge on any atom is 0.124 e. The topological polar surface area (TPSA) is 30.5 Å². The Kier molecular flexibility index (Phi) is 4.17. The van der Waals surface area contributed by atoms with Crippen LogP contribution in [0.4, 0.5) is 5.69 Å². The third kappa shape index (κ3) is 3.18. The lowest BCUT2D eigenvalue weighted by molar-refractivity contribution is 0.270. The van der Waals surface area contributed by atoms with E-state index in [0.29, 0.717) is 5.92 Å². The Labute approximate surface area is 145 Å². The van der Waals surface area contributed by atoms with Crippen LogP contribution in [-0.4, -0.2) is 19.8 Å². The van der Waals surface area contributed by atoms with Crippen molar-refractivity contribution in [3.05, 3.63) is 52.0 Å². The molecule has 120 valence electrons. The van der Waals surface area contributed by atoms with E-state index in [0.717, 1.165) is 60.7 Å². The molecule has 2 aliphatic heterocycles. The standard InChI is InChI=1S/C19H20BrNO2/c20-15-4-6-17-14(7-9-23-19(17)10-15)12-21-16-5-3-13-2-1-8-22-18(13)11-16/h3-6,10-11,14,21H,1-2,7-9,12H2/t14-/m1/s1. The molecule has 0 unspecified atom stereocenters. The number of anilines is 1. The molecule has 4 heteroatoms. The summed E-state index contributed by atoms with van der Waals surface area (Å²) in [7, 11) is 0. The van der Waals surface area contributed by atoms with Crippen LogP contribution in [-0.2, 0) is 6.42 Å². The van der Waals surface area contributed by atoms with Crippen molar-refractivity contribution >= 4 is 21.6 Å². The minimum absolute atomic E-state index is 0.476. The molecule has 0 saturated carbocycles. The van der Waals surface area contributed by atoms with Gasteiger partial charge in [0.15, 0.2) is 0 Å². The zero-order chi connectivity index (χ0) is 15.6. The third-order valence-electron chi connectivity index (χ3n) is 4.61. The summed E-state index contributed by atoms with van der Waals surface area (Å²) in [5.41, 5.74) is 3.75. The first kappa shape index (κ1) is 14.9. The number of hydrogen-bond acceptors (Lipinski definition) is 3. The molecule has 0 aliphatic carbocycles. The highest BCUT2D eigenvalue weighted by Crippen LogP contribution is 2.36. The normalized spacial score (nSPS) is 19.1. The van der Waals surface area contributed by atoms with E-state index in [-0.39, 0.29) is 0 Å². The molecule has 0 aromatic heterocycles. The van der Waals surface area contributed by atoms with Crippen molar-refractivity contribution in [2.24, 2.45) is 0 Å². The first-order valence-corrected chi connectivity index (χ1v) is 9.01. The number of hydrogen-bond donors (Lipinski definition) is 1. The summed E-state index contributed by atoms with van der Waals surface area (Å²) in [4.78, 5) is 0. The predicted octanol–water partition coefficient (Wildman–Crippen LogP) is 4.75. The van der Waals surface area contributed by atoms with Crippen molar-refractivity contribution in [1.29, 1.82) is 0 Å². The van der Waals surface area contributed by atoms with Crippen LogP contribution < -0.4 is 14.8 Å². The van der Waals surface area contributed by atoms with Gasteiger partial charge in [-0.3, -0.25) is 0 Å². The van der Waals surface area contributed by atoms with Crippen LogP contribution in [0.3, 0.4) is 0 Å². The number of halogens is 1. The van der Waals surface area contributed by atoms with Crippen LogP contribution in [0.15, 0.2) is 40.9 Å². The third-order valence-corrected chi connectivity index (χ3v) is 5.10. The van der Waals surface area contributed by atoms with Gasteiger partial charge in [0.25, 0.3) is 0 Å². The van der Waals surface area contributed by atoms with Gasteiger partial charge in [0.05, 0.1) is 13.2 Å². The summed E-state index contributed by atoms with van der Waals surface area (Å²) in [6.45, 7) is 2.53. The van der Waals surface area contributed by atoms with Gasteiger partial charge in [0.2, 0.25) is 0 Å². The van der Waals surface area contributed by atoms with Crippen molar-refractivity contribution in [2.75, 3.05) is 25.1 Å². The molecule has 2 aromatic rings. The van der Waals surface area contributed by atoms with Crippen molar-refractivity contribution in [3.8, 4) is 11.5 Å². The molecule has 0 radical (unpaired) electrons. The van der Waals surface area contributed by atoms with Gasteiger partial charge < -0.3 is 14.8 Å². The van der Waals surface area contributed by atoms with E-state index in [2.05, 4.69) is 57.6 Å². The molecule has 0 bridgehead atoms. The minimum Gasteiger partial charge on any atom is -0.493 e. The number of benzene rings is 2. The Morgan fingerprint density at radius 1 is 1.04 bits per heavy atom. The lowest BCUT2D eigenvalue weighted by Gasteiger charge is -2.27. The summed E-state index contributed by atoms with van der Waals surface area (Å²) in [6, 6.07) is 12.8. The molecule has 0 spiro atoms. The molecule has 23 heavy (non-hydrogen) atoms. The van der Waals surface area contributed by atoms with Gasteiger partial charge in [-0.25, -0.2) is 0 Å². The fraction of sp³-hybridized carbons (Fsp3) is 0.368. The van der Waals surface area contributed by atoms with Crippen LogP contribution in [0.2, 0.25) is 0 Å². The highest BCUT2D eigenvalue weighted by Gasteiger charge is 2.21. The predicted molar refractivity (Wildman–Crippen MR) is 95.7 cm³/mol. The van der Waals surface area contributed by atoms with Gasteiger partial charge in [-0.2, -0.15) is 0 Å². The van der Waals surface area contributed by atoms with Crippen molar-refractivity contribution < 1.29 is 9.47 Å². The van der Waals surface area contributed by atoms with Gasteiger partial charge in [-0.15, -0.1) is 0 Å². The SMILES string of the molecule is Brc1ccc2c(c1)OCC[C@@H]2CNc1ccc2c(c1)OCCC2. The fourth-order valence-corrected chi connectivity index (χ4v) is 3.68. The largest absolute Gasteiger partial charge is 0.493 e. The first-order valence-electron chi connectivity index (χ1n) is 8.21. The molecule has 1 N–H and O–H groups in total. The number of ether oxygens (including phenoxy) is 2. The van der Waals surface area contributed by atoms with Gasteiger partial charge >= 0.3 is 0 Å². The van der Waals surface area contributed by atoms with E-state index in [1.807, 2.05) is 0 Å². The maximum absolute atomic E-state index is 5.78. The Bertz CT molecular complexity index is 717. The monoisotopic (exact) mass is 373 g/mol. The fourth-order valence-electron chi connectivity index (χ4n) is 3.34. The van der Waals surface area contributed by atoms with Crippen LogP contribution in [0.5, 0.6) is 11.5 Å². The van der Waals surface area contributed by atoms with Gasteiger partial charge in [0.1, 0.15) is 11.5 Å². The summed E-state index contributed by atoms with van der Waals surface area (Å²) in [5, 5.41) is 3.57. The van der Waals surface area contributed by atoms with Gasteiger partial charge in [-0.1, -0.05) is 28.1 Å². The molecular weight excluding hydrogens is 354 g/mol. The molecule has 1 atom stereocenters. The Morgan fingerprint density at radius 3 is 2.91 bits per heavy atom. The Hall–Kier alpha value is -1.68. The van der Waals surface area contributed by atoms with E-state index >= 15 is 0 Å². The van der Waals surface area contributed by atoms with Crippen LogP contribution in [0, 0.1) is 0 Å². The molecule has 3 nitrogen and oxygen atoms in total. The average molecular weight is 374 g/mol. The second-order valence-corrected chi connectivity index (χ2v) is 7.09. The van der Waals surface area contributed by atoms with E-state index < -0.39 is 0 Å². The number of fused-ring (bicyclic) bond motifs is 2. The van der Waals surface area contributed by atoms with E-state index in [9.17, 15) is 0 Å². The second-order valence-electron chi connectivity index (χ2n) is 6.17. The number of rotatable bonds is 3. The Balaban J connectivity index is 1.48. The second kappa shape index (κ2) is 6.44. The first-order chi connectivity index (χ1) is 11.3. The van der Waals surface area contributed by atoms with Gasteiger partial charge in [-0.05, 0) is 48.6 Å². The molecule has 4 rings (SSSR count). The van der Waals surface area contributed by atoms with Crippen molar-refractivity contribution in [1.82, 2.24) is 0 Å². The number of aryl methyl sites for hydroxylation is 1. The average Bonchev–Trinajstić information content (AvgIpc) is 2.59. The van der Waals surface area contributed by atoms with Crippen LogP contribution in [0.1, 0.15) is 29.9 Å². The van der Waals surface area contributed by atoms with E-state index in [1.165, 1.54) is 11.1 Å². The lowest BCUT2D eigenvalue weighted by Crippen LogP contribution is -2.21. The molecule has 2 aliphatic rings. The molecule has 2 aromatic carbocycles. The lowest BCUT2D eigenvalue weighted by atomic mass is 9.93. The quantitative estimate of drug-likeness (QED) is 0.841. The maximum atomic E-state index is 5.78. The van der Waals surface area contributed by atoms with Crippen molar-refractivity contribution in [3.63, 3.8) is 0 Å². The zero-order valence-corrected chi connectivity index (χ0v) is 14.6. The summed E-state index contributed by atoms with van der Waals surface area (Å²) in [5.74, 6) is 2.52. The summed E-state index contributed by atoms with van der Waals surface area (Å²) < 4.78 is 12.6. The van der Waals surface area contributed by atoms with Gasteiger partial charge in [0, 0.05) is 28.7 Å². The number of nitrogens with one attached hydrogen (secondary N) is 1. The minimum atomic E-state index is 0.476. The molecule has 2 heterocycles.